The lowest BCUT2D eigenvalue weighted by molar-refractivity contribution is -0.133. The van der Waals surface area contributed by atoms with Crippen LogP contribution in [0.2, 0.25) is 0 Å². The number of thiophene rings is 1. The van der Waals surface area contributed by atoms with Crippen LogP contribution in [0.5, 0.6) is 0 Å². The van der Waals surface area contributed by atoms with Crippen LogP contribution in [-0.2, 0) is 23.1 Å². The summed E-state index contributed by atoms with van der Waals surface area (Å²) in [6, 6.07) is 8.55. The van der Waals surface area contributed by atoms with Crippen LogP contribution in [0.25, 0.3) is 21.6 Å². The predicted molar refractivity (Wildman–Crippen MR) is 143 cm³/mol. The summed E-state index contributed by atoms with van der Waals surface area (Å²) in [5.41, 5.74) is 0.810. The fourth-order valence-electron chi connectivity index (χ4n) is 4.59. The van der Waals surface area contributed by atoms with Crippen molar-refractivity contribution in [3.05, 3.63) is 53.3 Å². The Morgan fingerprint density at radius 2 is 2.08 bits per heavy atom. The molecule has 1 fully saturated rings. The molecular weight excluding hydrogens is 513 g/mol. The topological polar surface area (TPSA) is 117 Å². The van der Waals surface area contributed by atoms with Gasteiger partial charge in [0.05, 0.1) is 10.6 Å². The molecule has 194 valence electrons. The summed E-state index contributed by atoms with van der Waals surface area (Å²) in [5.74, 6) is 0.160. The van der Waals surface area contributed by atoms with Gasteiger partial charge in [-0.1, -0.05) is 17.8 Å². The van der Waals surface area contributed by atoms with Crippen molar-refractivity contribution in [3.63, 3.8) is 0 Å². The van der Waals surface area contributed by atoms with Crippen molar-refractivity contribution < 1.29 is 14.0 Å². The van der Waals surface area contributed by atoms with Crippen molar-refractivity contribution in [1.29, 1.82) is 0 Å². The fraction of sp³-hybridized carbons (Fsp3) is 0.360. The van der Waals surface area contributed by atoms with Gasteiger partial charge in [-0.3, -0.25) is 9.59 Å². The third-order valence-electron chi connectivity index (χ3n) is 6.59. The largest absolute Gasteiger partial charge is 0.361 e. The average molecular weight is 542 g/mol. The third-order valence-corrected chi connectivity index (χ3v) is 8.47. The van der Waals surface area contributed by atoms with E-state index in [2.05, 4.69) is 31.1 Å². The van der Waals surface area contributed by atoms with Crippen molar-refractivity contribution >= 4 is 45.8 Å². The maximum atomic E-state index is 13.7. The number of hydrogen-bond donors (Lipinski definition) is 4. The molecule has 4 N–H and O–H groups in total. The van der Waals surface area contributed by atoms with Crippen molar-refractivity contribution in [2.45, 2.75) is 30.0 Å². The average Bonchev–Trinajstić information content (AvgIpc) is 3.64. The number of H-pyrrole nitrogens is 1. The number of nitrogens with one attached hydrogen (secondary N) is 4. The standard InChI is InChI=1S/C25H28FN7O2S2/c1-33-22(20-3-2-12-36-20)31-32-24(33)37-15-21(34)30-25(7-10-27-11-8-25)23(35)28-9-6-16-14-29-19-5-4-17(26)13-18(16)19/h2-5,12-14,27,29H,6-11,15H2,1H3,(H,28,35)(H,30,34). The zero-order chi connectivity index (χ0) is 25.8. The molecule has 1 aliphatic heterocycles. The molecule has 5 rings (SSSR count). The first-order valence-corrected chi connectivity index (χ1v) is 13.9. The molecule has 0 aliphatic carbocycles. The Morgan fingerprint density at radius 1 is 1.24 bits per heavy atom. The van der Waals surface area contributed by atoms with E-state index in [0.29, 0.717) is 44.1 Å². The highest BCUT2D eigenvalue weighted by Crippen LogP contribution is 2.26. The number of carbonyl (C=O) groups is 2. The first-order valence-electron chi connectivity index (χ1n) is 12.1. The number of piperidine rings is 1. The molecule has 0 bridgehead atoms. The quantitative estimate of drug-likeness (QED) is 0.242. The molecule has 1 saturated heterocycles. The molecule has 0 unspecified atom stereocenters. The number of thioether (sulfide) groups is 1. The second-order valence-corrected chi connectivity index (χ2v) is 10.9. The summed E-state index contributed by atoms with van der Waals surface area (Å²) in [6.07, 6.45) is 3.39. The van der Waals surface area contributed by atoms with Gasteiger partial charge in [0.15, 0.2) is 11.0 Å². The fourth-order valence-corrected chi connectivity index (χ4v) is 6.05. The molecule has 3 aromatic heterocycles. The Kier molecular flexibility index (Phi) is 7.58. The van der Waals surface area contributed by atoms with Crippen LogP contribution in [0.3, 0.4) is 0 Å². The lowest BCUT2D eigenvalue weighted by Crippen LogP contribution is -2.63. The number of carbonyl (C=O) groups excluding carboxylic acids is 2. The minimum atomic E-state index is -0.975. The van der Waals surface area contributed by atoms with Crippen LogP contribution in [0.1, 0.15) is 18.4 Å². The smallest absolute Gasteiger partial charge is 0.245 e. The number of hydrogen-bond acceptors (Lipinski definition) is 7. The van der Waals surface area contributed by atoms with Crippen LogP contribution in [0.15, 0.2) is 47.1 Å². The van der Waals surface area contributed by atoms with Gasteiger partial charge in [0.1, 0.15) is 11.4 Å². The van der Waals surface area contributed by atoms with Crippen LogP contribution in [0, 0.1) is 5.82 Å². The van der Waals surface area contributed by atoms with E-state index < -0.39 is 5.54 Å². The van der Waals surface area contributed by atoms with E-state index in [-0.39, 0.29) is 23.4 Å². The van der Waals surface area contributed by atoms with Crippen molar-refractivity contribution in [2.75, 3.05) is 25.4 Å². The van der Waals surface area contributed by atoms with E-state index in [1.807, 2.05) is 35.3 Å². The highest BCUT2D eigenvalue weighted by molar-refractivity contribution is 7.99. The van der Waals surface area contributed by atoms with E-state index >= 15 is 0 Å². The van der Waals surface area contributed by atoms with Crippen molar-refractivity contribution in [3.8, 4) is 10.7 Å². The minimum absolute atomic E-state index is 0.125. The summed E-state index contributed by atoms with van der Waals surface area (Å²) in [4.78, 5) is 30.4. The normalized spacial score (nSPS) is 15.1. The van der Waals surface area contributed by atoms with Gasteiger partial charge in [-0.2, -0.15) is 0 Å². The number of rotatable bonds is 9. The van der Waals surface area contributed by atoms with E-state index in [1.54, 1.807) is 17.4 Å². The van der Waals surface area contributed by atoms with Gasteiger partial charge in [0.25, 0.3) is 0 Å². The Bertz CT molecular complexity index is 1390. The van der Waals surface area contributed by atoms with Gasteiger partial charge in [-0.05, 0) is 67.6 Å². The molecular formula is C25H28FN7O2S2. The van der Waals surface area contributed by atoms with Crippen molar-refractivity contribution in [1.82, 2.24) is 35.7 Å². The third kappa shape index (κ3) is 5.55. The van der Waals surface area contributed by atoms with Gasteiger partial charge >= 0.3 is 0 Å². The molecule has 12 heteroatoms. The summed E-state index contributed by atoms with van der Waals surface area (Å²) >= 11 is 2.87. The number of benzene rings is 1. The second-order valence-electron chi connectivity index (χ2n) is 9.02. The minimum Gasteiger partial charge on any atom is -0.361 e. The Morgan fingerprint density at radius 3 is 2.86 bits per heavy atom. The Balaban J connectivity index is 1.19. The predicted octanol–water partition coefficient (Wildman–Crippen LogP) is 2.85. The molecule has 4 heterocycles. The first-order chi connectivity index (χ1) is 17.9. The molecule has 0 radical (unpaired) electrons. The number of aromatic amines is 1. The zero-order valence-electron chi connectivity index (χ0n) is 20.3. The van der Waals surface area contributed by atoms with Crippen LogP contribution in [0.4, 0.5) is 4.39 Å². The molecule has 1 aliphatic rings. The van der Waals surface area contributed by atoms with Gasteiger partial charge < -0.3 is 25.5 Å². The van der Waals surface area contributed by atoms with Gasteiger partial charge in [-0.25, -0.2) is 4.39 Å². The number of aromatic nitrogens is 4. The Labute approximate surface area is 221 Å². The maximum absolute atomic E-state index is 13.7. The number of amides is 2. The zero-order valence-corrected chi connectivity index (χ0v) is 22.0. The highest BCUT2D eigenvalue weighted by Gasteiger charge is 2.40. The van der Waals surface area contributed by atoms with Crippen molar-refractivity contribution in [2.24, 2.45) is 7.05 Å². The van der Waals surface area contributed by atoms with Crippen LogP contribution < -0.4 is 16.0 Å². The van der Waals surface area contributed by atoms with Gasteiger partial charge in [0, 0.05) is 30.7 Å². The van der Waals surface area contributed by atoms with Crippen LogP contribution >= 0.6 is 23.1 Å². The van der Waals surface area contributed by atoms with Crippen LogP contribution in [-0.4, -0.2) is 62.5 Å². The summed E-state index contributed by atoms with van der Waals surface area (Å²) in [7, 11) is 1.87. The highest BCUT2D eigenvalue weighted by atomic mass is 32.2. The molecule has 0 spiro atoms. The van der Waals surface area contributed by atoms with E-state index in [9.17, 15) is 14.0 Å². The molecule has 37 heavy (non-hydrogen) atoms. The van der Waals surface area contributed by atoms with E-state index in [1.165, 1.54) is 23.9 Å². The molecule has 9 nitrogen and oxygen atoms in total. The summed E-state index contributed by atoms with van der Waals surface area (Å²) < 4.78 is 15.5. The van der Waals surface area contributed by atoms with E-state index in [0.717, 1.165) is 27.2 Å². The Hall–Kier alpha value is -3.22. The number of halogens is 1. The molecule has 2 amide bonds. The second kappa shape index (κ2) is 11.0. The summed E-state index contributed by atoms with van der Waals surface area (Å²) in [5, 5.41) is 21.2. The first kappa shape index (κ1) is 25.4. The maximum Gasteiger partial charge on any atom is 0.245 e. The van der Waals surface area contributed by atoms with Gasteiger partial charge in [-0.15, -0.1) is 21.5 Å². The number of nitrogens with zero attached hydrogens (tertiary/aromatic N) is 3. The monoisotopic (exact) mass is 541 g/mol. The molecule has 1 aromatic carbocycles. The SMILES string of the molecule is Cn1c(SCC(=O)NC2(C(=O)NCCc3c[nH]c4ccc(F)cc34)CCNCC2)nnc1-c1cccs1. The molecule has 4 aromatic rings. The lowest BCUT2D eigenvalue weighted by Gasteiger charge is -2.37. The molecule has 0 saturated carbocycles. The number of fused-ring (bicyclic) bond motifs is 1. The lowest BCUT2D eigenvalue weighted by atomic mass is 9.87. The summed E-state index contributed by atoms with van der Waals surface area (Å²) in [6.45, 7) is 1.65. The van der Waals surface area contributed by atoms with Gasteiger partial charge in [0.2, 0.25) is 11.8 Å². The van der Waals surface area contributed by atoms with E-state index in [4.69, 9.17) is 0 Å². The molecule has 0 atom stereocenters.